The van der Waals surface area contributed by atoms with E-state index in [0.717, 1.165) is 16.2 Å². The summed E-state index contributed by atoms with van der Waals surface area (Å²) >= 11 is 7.27. The highest BCUT2D eigenvalue weighted by Gasteiger charge is 2.07. The zero-order valence-corrected chi connectivity index (χ0v) is 17.9. The molecule has 3 rings (SSSR count). The summed E-state index contributed by atoms with van der Waals surface area (Å²) in [5, 5.41) is 6.37. The third kappa shape index (κ3) is 6.83. The van der Waals surface area contributed by atoms with Crippen LogP contribution in [-0.4, -0.2) is 24.7 Å². The smallest absolute Gasteiger partial charge is 0.234 e. The monoisotopic (exact) mass is 440 g/mol. The Morgan fingerprint density at radius 1 is 0.900 bits per heavy atom. The summed E-state index contributed by atoms with van der Waals surface area (Å²) in [5.41, 5.74) is 2.29. The number of halogens is 1. The van der Waals surface area contributed by atoms with Gasteiger partial charge >= 0.3 is 0 Å². The first-order valence-corrected chi connectivity index (χ1v) is 10.6. The molecule has 0 aliphatic carbocycles. The van der Waals surface area contributed by atoms with Crippen molar-refractivity contribution in [1.29, 1.82) is 0 Å². The van der Waals surface area contributed by atoms with Crippen molar-refractivity contribution in [2.24, 2.45) is 0 Å². The molecule has 3 aromatic carbocycles. The summed E-state index contributed by atoms with van der Waals surface area (Å²) in [7, 11) is 1.60. The van der Waals surface area contributed by atoms with E-state index in [2.05, 4.69) is 10.6 Å². The number of amides is 2. The minimum Gasteiger partial charge on any atom is -0.497 e. The Morgan fingerprint density at radius 2 is 1.60 bits per heavy atom. The maximum atomic E-state index is 12.3. The number of carbonyl (C=O) groups is 2. The lowest BCUT2D eigenvalue weighted by molar-refractivity contribution is -0.115. The molecule has 0 atom stereocenters. The first-order valence-electron chi connectivity index (χ1n) is 9.23. The standard InChI is InChI=1S/C23H21ClN2O3S/c1-29-20-11-9-18(10-12-20)25-23(28)15-30-21-4-2-3-19(14-21)26-22(27)13-16-5-7-17(24)8-6-16/h2-12,14H,13,15H2,1H3,(H,25,28)(H,26,27). The van der Waals surface area contributed by atoms with E-state index in [1.807, 2.05) is 36.4 Å². The molecule has 0 aliphatic heterocycles. The Kier molecular flexibility index (Phi) is 7.76. The van der Waals surface area contributed by atoms with Crippen LogP contribution in [0.1, 0.15) is 5.56 Å². The molecular formula is C23H21ClN2O3S. The van der Waals surface area contributed by atoms with Crippen molar-refractivity contribution in [2.45, 2.75) is 11.3 Å². The first-order chi connectivity index (χ1) is 14.5. The molecule has 0 fully saturated rings. The zero-order chi connectivity index (χ0) is 21.3. The molecule has 0 saturated carbocycles. The lowest BCUT2D eigenvalue weighted by atomic mass is 10.1. The van der Waals surface area contributed by atoms with E-state index in [4.69, 9.17) is 16.3 Å². The van der Waals surface area contributed by atoms with E-state index >= 15 is 0 Å². The maximum Gasteiger partial charge on any atom is 0.234 e. The van der Waals surface area contributed by atoms with Crippen LogP contribution in [0.5, 0.6) is 5.75 Å². The van der Waals surface area contributed by atoms with Gasteiger partial charge in [0.2, 0.25) is 11.8 Å². The van der Waals surface area contributed by atoms with E-state index < -0.39 is 0 Å². The van der Waals surface area contributed by atoms with Crippen molar-refractivity contribution >= 4 is 46.6 Å². The Labute approximate surface area is 184 Å². The average Bonchev–Trinajstić information content (AvgIpc) is 2.75. The predicted molar refractivity (Wildman–Crippen MR) is 123 cm³/mol. The number of nitrogens with one attached hydrogen (secondary N) is 2. The number of rotatable bonds is 8. The van der Waals surface area contributed by atoms with Gasteiger partial charge in [0.1, 0.15) is 5.75 Å². The highest BCUT2D eigenvalue weighted by atomic mass is 35.5. The van der Waals surface area contributed by atoms with Crippen molar-refractivity contribution in [2.75, 3.05) is 23.5 Å². The molecule has 3 aromatic rings. The van der Waals surface area contributed by atoms with Crippen molar-refractivity contribution in [1.82, 2.24) is 0 Å². The zero-order valence-electron chi connectivity index (χ0n) is 16.4. The summed E-state index contributed by atoms with van der Waals surface area (Å²) in [6.07, 6.45) is 0.263. The molecule has 2 N–H and O–H groups in total. The normalized spacial score (nSPS) is 10.3. The van der Waals surface area contributed by atoms with Crippen LogP contribution in [0.3, 0.4) is 0 Å². The van der Waals surface area contributed by atoms with Gasteiger partial charge in [-0.2, -0.15) is 0 Å². The predicted octanol–water partition coefficient (Wildman–Crippen LogP) is 5.26. The highest BCUT2D eigenvalue weighted by Crippen LogP contribution is 2.23. The molecule has 0 spiro atoms. The molecule has 0 radical (unpaired) electrons. The van der Waals surface area contributed by atoms with Crippen LogP contribution in [-0.2, 0) is 16.0 Å². The van der Waals surface area contributed by atoms with Gasteiger partial charge in [-0.15, -0.1) is 11.8 Å². The fraction of sp³-hybridized carbons (Fsp3) is 0.130. The average molecular weight is 441 g/mol. The fourth-order valence-electron chi connectivity index (χ4n) is 2.68. The number of hydrogen-bond acceptors (Lipinski definition) is 4. The van der Waals surface area contributed by atoms with Crippen LogP contribution in [0.25, 0.3) is 0 Å². The van der Waals surface area contributed by atoms with Gasteiger partial charge in [0, 0.05) is 21.3 Å². The van der Waals surface area contributed by atoms with Gasteiger partial charge in [-0.25, -0.2) is 0 Å². The van der Waals surface area contributed by atoms with Crippen molar-refractivity contribution in [3.05, 3.63) is 83.4 Å². The lowest BCUT2D eigenvalue weighted by Gasteiger charge is -2.09. The molecule has 0 unspecified atom stereocenters. The van der Waals surface area contributed by atoms with E-state index in [9.17, 15) is 9.59 Å². The summed E-state index contributed by atoms with van der Waals surface area (Å²) < 4.78 is 5.10. The minimum absolute atomic E-state index is 0.109. The van der Waals surface area contributed by atoms with Gasteiger partial charge in [-0.1, -0.05) is 29.8 Å². The second-order valence-corrected chi connectivity index (χ2v) is 7.93. The van der Waals surface area contributed by atoms with Crippen LogP contribution < -0.4 is 15.4 Å². The van der Waals surface area contributed by atoms with Crippen molar-refractivity contribution < 1.29 is 14.3 Å². The Balaban J connectivity index is 1.50. The number of methoxy groups -OCH3 is 1. The second kappa shape index (κ2) is 10.7. The molecule has 30 heavy (non-hydrogen) atoms. The summed E-state index contributed by atoms with van der Waals surface area (Å²) in [6.45, 7) is 0. The topological polar surface area (TPSA) is 67.4 Å². The third-order valence-electron chi connectivity index (χ3n) is 4.14. The largest absolute Gasteiger partial charge is 0.497 e. The molecule has 5 nitrogen and oxygen atoms in total. The number of anilines is 2. The Hall–Kier alpha value is -2.96. The minimum atomic E-state index is -0.114. The van der Waals surface area contributed by atoms with Gasteiger partial charge in [-0.3, -0.25) is 9.59 Å². The number of benzene rings is 3. The summed E-state index contributed by atoms with van der Waals surface area (Å²) in [6, 6.07) is 21.8. The molecule has 0 aliphatic rings. The van der Waals surface area contributed by atoms with E-state index in [0.29, 0.717) is 16.4 Å². The lowest BCUT2D eigenvalue weighted by Crippen LogP contribution is -2.15. The number of carbonyl (C=O) groups excluding carboxylic acids is 2. The molecule has 0 saturated heterocycles. The van der Waals surface area contributed by atoms with E-state index in [1.54, 1.807) is 43.5 Å². The molecular weight excluding hydrogens is 420 g/mol. The Morgan fingerprint density at radius 3 is 2.30 bits per heavy atom. The molecule has 2 amide bonds. The van der Waals surface area contributed by atoms with Gasteiger partial charge in [0.25, 0.3) is 0 Å². The first kappa shape index (κ1) is 21.7. The highest BCUT2D eigenvalue weighted by molar-refractivity contribution is 8.00. The fourth-order valence-corrected chi connectivity index (χ4v) is 3.56. The molecule has 0 bridgehead atoms. The van der Waals surface area contributed by atoms with E-state index in [-0.39, 0.29) is 24.0 Å². The molecule has 7 heteroatoms. The second-order valence-electron chi connectivity index (χ2n) is 6.44. The molecule has 0 heterocycles. The van der Waals surface area contributed by atoms with Gasteiger partial charge < -0.3 is 15.4 Å². The quantitative estimate of drug-likeness (QED) is 0.469. The van der Waals surface area contributed by atoms with Gasteiger partial charge in [-0.05, 0) is 60.2 Å². The number of hydrogen-bond donors (Lipinski definition) is 2. The van der Waals surface area contributed by atoms with Crippen molar-refractivity contribution in [3.8, 4) is 5.75 Å². The number of ether oxygens (including phenoxy) is 1. The van der Waals surface area contributed by atoms with Crippen LogP contribution in [0.4, 0.5) is 11.4 Å². The van der Waals surface area contributed by atoms with E-state index in [1.165, 1.54) is 11.8 Å². The third-order valence-corrected chi connectivity index (χ3v) is 5.39. The van der Waals surface area contributed by atoms with Gasteiger partial charge in [0.15, 0.2) is 0 Å². The SMILES string of the molecule is COc1ccc(NC(=O)CSc2cccc(NC(=O)Cc3ccc(Cl)cc3)c2)cc1. The maximum absolute atomic E-state index is 12.3. The molecule has 154 valence electrons. The summed E-state index contributed by atoms with van der Waals surface area (Å²) in [5.74, 6) is 0.769. The van der Waals surface area contributed by atoms with Crippen LogP contribution in [0.15, 0.2) is 77.7 Å². The number of thioether (sulfide) groups is 1. The van der Waals surface area contributed by atoms with Crippen LogP contribution in [0, 0.1) is 0 Å². The van der Waals surface area contributed by atoms with Crippen LogP contribution in [0.2, 0.25) is 5.02 Å². The summed E-state index contributed by atoms with van der Waals surface area (Å²) in [4.78, 5) is 25.3. The molecule has 0 aromatic heterocycles. The Bertz CT molecular complexity index is 1010. The van der Waals surface area contributed by atoms with Crippen molar-refractivity contribution in [3.63, 3.8) is 0 Å². The van der Waals surface area contributed by atoms with Gasteiger partial charge in [0.05, 0.1) is 19.3 Å². The van der Waals surface area contributed by atoms with Crippen LogP contribution >= 0.6 is 23.4 Å².